The molecular weight excluding hydrogens is 372 g/mol. The summed E-state index contributed by atoms with van der Waals surface area (Å²) in [6.07, 6.45) is 0.716. The summed E-state index contributed by atoms with van der Waals surface area (Å²) < 4.78 is 0.848. The molecule has 0 saturated carbocycles. The van der Waals surface area contributed by atoms with Gasteiger partial charge in [0.1, 0.15) is 12.2 Å². The van der Waals surface area contributed by atoms with E-state index in [0.717, 1.165) is 29.8 Å². The van der Waals surface area contributed by atoms with Gasteiger partial charge in [0, 0.05) is 24.2 Å². The fourth-order valence-electron chi connectivity index (χ4n) is 3.97. The van der Waals surface area contributed by atoms with Crippen molar-refractivity contribution in [2.45, 2.75) is 12.1 Å². The molecule has 5 nitrogen and oxygen atoms in total. The normalized spacial score (nSPS) is 22.0. The van der Waals surface area contributed by atoms with Gasteiger partial charge in [-0.2, -0.15) is 0 Å². The van der Waals surface area contributed by atoms with Crippen LogP contribution in [0.2, 0.25) is 5.02 Å². The fraction of sp³-hybridized carbons (Fsp3) is 0.409. The monoisotopic (exact) mass is 401 g/mol. The lowest BCUT2D eigenvalue weighted by atomic mass is 9.94. The summed E-state index contributed by atoms with van der Waals surface area (Å²) >= 11 is 5.96. The van der Waals surface area contributed by atoms with Gasteiger partial charge in [0.2, 0.25) is 5.91 Å². The molecule has 0 radical (unpaired) electrons. The Labute approximate surface area is 172 Å². The largest absolute Gasteiger partial charge is 0.325 e. The molecule has 1 fully saturated rings. The van der Waals surface area contributed by atoms with Crippen molar-refractivity contribution < 1.29 is 9.28 Å². The van der Waals surface area contributed by atoms with E-state index in [1.165, 1.54) is 5.56 Å². The molecule has 0 spiro atoms. The second kappa shape index (κ2) is 8.21. The Balaban J connectivity index is 1.77. The summed E-state index contributed by atoms with van der Waals surface area (Å²) in [6, 6.07) is 17.6. The number of nitrogens with two attached hydrogens (primary N) is 1. The zero-order chi connectivity index (χ0) is 20.4. The average Bonchev–Trinajstić information content (AvgIpc) is 2.64. The number of carbonyl (C=O) groups excluding carboxylic acids is 1. The van der Waals surface area contributed by atoms with Gasteiger partial charge in [-0.3, -0.25) is 9.69 Å². The van der Waals surface area contributed by atoms with Crippen molar-refractivity contribution in [1.29, 1.82) is 0 Å². The Morgan fingerprint density at radius 1 is 1.18 bits per heavy atom. The SMILES string of the molecule is CN(C(=O)CN1CC[N+](C)(C)CC1(N)Cc1ccccc1)c1ccc(Cl)cc1. The molecule has 2 aromatic rings. The van der Waals surface area contributed by atoms with Crippen molar-refractivity contribution >= 4 is 23.2 Å². The van der Waals surface area contributed by atoms with E-state index >= 15 is 0 Å². The van der Waals surface area contributed by atoms with Gasteiger partial charge in [-0.25, -0.2) is 0 Å². The van der Waals surface area contributed by atoms with Crippen LogP contribution >= 0.6 is 11.6 Å². The summed E-state index contributed by atoms with van der Waals surface area (Å²) in [5.41, 5.74) is 8.39. The van der Waals surface area contributed by atoms with Crippen LogP contribution < -0.4 is 10.6 Å². The molecule has 3 rings (SSSR count). The van der Waals surface area contributed by atoms with Gasteiger partial charge >= 0.3 is 0 Å². The molecule has 6 heteroatoms. The first-order chi connectivity index (χ1) is 13.2. The van der Waals surface area contributed by atoms with Crippen LogP contribution in [0, 0.1) is 0 Å². The van der Waals surface area contributed by atoms with Crippen LogP contribution in [0.15, 0.2) is 54.6 Å². The first kappa shape index (κ1) is 20.8. The summed E-state index contributed by atoms with van der Waals surface area (Å²) in [6.45, 7) is 2.84. The highest BCUT2D eigenvalue weighted by Crippen LogP contribution is 2.25. The van der Waals surface area contributed by atoms with Crippen molar-refractivity contribution in [2.24, 2.45) is 5.73 Å². The van der Waals surface area contributed by atoms with E-state index in [1.54, 1.807) is 24.1 Å². The molecule has 1 aliphatic heterocycles. The maximum atomic E-state index is 13.0. The minimum Gasteiger partial charge on any atom is -0.325 e. The molecule has 28 heavy (non-hydrogen) atoms. The lowest BCUT2D eigenvalue weighted by Crippen LogP contribution is -2.73. The molecule has 0 bridgehead atoms. The van der Waals surface area contributed by atoms with E-state index in [1.807, 2.05) is 30.3 Å². The number of halogens is 1. The summed E-state index contributed by atoms with van der Waals surface area (Å²) in [5, 5.41) is 0.657. The van der Waals surface area contributed by atoms with Crippen molar-refractivity contribution in [3.63, 3.8) is 0 Å². The van der Waals surface area contributed by atoms with Crippen LogP contribution in [0.4, 0.5) is 5.69 Å². The van der Waals surface area contributed by atoms with Gasteiger partial charge in [-0.15, -0.1) is 0 Å². The van der Waals surface area contributed by atoms with Crippen LogP contribution in [0.5, 0.6) is 0 Å². The molecule has 1 unspecified atom stereocenters. The van der Waals surface area contributed by atoms with Crippen LogP contribution in [-0.4, -0.2) is 68.3 Å². The van der Waals surface area contributed by atoms with Crippen LogP contribution in [0.3, 0.4) is 0 Å². The number of rotatable bonds is 5. The van der Waals surface area contributed by atoms with Crippen LogP contribution in [0.1, 0.15) is 5.56 Å². The Bertz CT molecular complexity index is 809. The van der Waals surface area contributed by atoms with Gasteiger partial charge in [0.05, 0.1) is 33.7 Å². The van der Waals surface area contributed by atoms with E-state index < -0.39 is 5.66 Å². The number of benzene rings is 2. The number of anilines is 1. The first-order valence-corrected chi connectivity index (χ1v) is 9.98. The highest BCUT2D eigenvalue weighted by Gasteiger charge is 2.44. The number of piperazine rings is 1. The van der Waals surface area contributed by atoms with Crippen molar-refractivity contribution in [2.75, 3.05) is 52.2 Å². The highest BCUT2D eigenvalue weighted by atomic mass is 35.5. The van der Waals surface area contributed by atoms with Gasteiger partial charge < -0.3 is 15.1 Å². The van der Waals surface area contributed by atoms with Crippen LogP contribution in [-0.2, 0) is 11.2 Å². The van der Waals surface area contributed by atoms with E-state index in [9.17, 15) is 4.79 Å². The lowest BCUT2D eigenvalue weighted by molar-refractivity contribution is -0.901. The minimum absolute atomic E-state index is 0.0254. The fourth-order valence-corrected chi connectivity index (χ4v) is 4.09. The highest BCUT2D eigenvalue weighted by molar-refractivity contribution is 6.30. The zero-order valence-corrected chi connectivity index (χ0v) is 17.7. The van der Waals surface area contributed by atoms with Gasteiger partial charge in [-0.1, -0.05) is 41.9 Å². The third kappa shape index (κ3) is 4.92. The molecule has 150 valence electrons. The molecule has 0 aliphatic carbocycles. The number of hydrogen-bond donors (Lipinski definition) is 1. The molecule has 2 aromatic carbocycles. The smallest absolute Gasteiger partial charge is 0.240 e. The summed E-state index contributed by atoms with van der Waals surface area (Å²) in [7, 11) is 6.20. The van der Waals surface area contributed by atoms with Crippen molar-refractivity contribution in [1.82, 2.24) is 4.90 Å². The van der Waals surface area contributed by atoms with Gasteiger partial charge in [0.25, 0.3) is 0 Å². The molecule has 1 aliphatic rings. The molecule has 2 N–H and O–H groups in total. The number of likely N-dealkylation sites (N-methyl/N-ethyl adjacent to an activating group) is 2. The predicted octanol–water partition coefficient (Wildman–Crippen LogP) is 2.59. The molecular formula is C22H30ClN4O+. The summed E-state index contributed by atoms with van der Waals surface area (Å²) in [5.74, 6) is 0.0254. The standard InChI is InChI=1S/C22H30ClN4O/c1-25(20-11-9-19(23)10-12-20)21(28)16-26-13-14-27(2,3)17-22(26,24)15-18-7-5-4-6-8-18/h4-12H,13-17,24H2,1-3H3/q+1. The minimum atomic E-state index is -0.570. The second-order valence-corrected chi connectivity index (χ2v) is 8.87. The van der Waals surface area contributed by atoms with Gasteiger partial charge in [0.15, 0.2) is 0 Å². The van der Waals surface area contributed by atoms with E-state index in [0.29, 0.717) is 18.0 Å². The third-order valence-electron chi connectivity index (χ3n) is 5.57. The first-order valence-electron chi connectivity index (χ1n) is 9.61. The topological polar surface area (TPSA) is 49.6 Å². The predicted molar refractivity (Wildman–Crippen MR) is 115 cm³/mol. The molecule has 1 amide bonds. The van der Waals surface area contributed by atoms with Gasteiger partial charge in [-0.05, 0) is 29.8 Å². The number of hydrogen-bond acceptors (Lipinski definition) is 3. The van der Waals surface area contributed by atoms with E-state index in [2.05, 4.69) is 31.1 Å². The van der Waals surface area contributed by atoms with Crippen LogP contribution in [0.25, 0.3) is 0 Å². The molecule has 1 saturated heterocycles. The third-order valence-corrected chi connectivity index (χ3v) is 5.83. The van der Waals surface area contributed by atoms with E-state index in [4.69, 9.17) is 17.3 Å². The second-order valence-electron chi connectivity index (χ2n) is 8.43. The molecule has 0 aromatic heterocycles. The lowest BCUT2D eigenvalue weighted by Gasteiger charge is -2.50. The average molecular weight is 402 g/mol. The zero-order valence-electron chi connectivity index (χ0n) is 16.9. The molecule has 1 heterocycles. The number of nitrogens with zero attached hydrogens (tertiary/aromatic N) is 3. The Kier molecular flexibility index (Phi) is 6.10. The number of amides is 1. The Hall–Kier alpha value is -1.92. The molecule has 1 atom stereocenters. The van der Waals surface area contributed by atoms with Crippen molar-refractivity contribution in [3.8, 4) is 0 Å². The number of carbonyl (C=O) groups is 1. The van der Waals surface area contributed by atoms with E-state index in [-0.39, 0.29) is 5.91 Å². The van der Waals surface area contributed by atoms with Crippen molar-refractivity contribution in [3.05, 3.63) is 65.2 Å². The maximum Gasteiger partial charge on any atom is 0.240 e. The Morgan fingerprint density at radius 3 is 2.46 bits per heavy atom. The number of quaternary nitrogens is 1. The maximum absolute atomic E-state index is 13.0. The quantitative estimate of drug-likeness (QED) is 0.783. The summed E-state index contributed by atoms with van der Waals surface area (Å²) in [4.78, 5) is 16.8. The Morgan fingerprint density at radius 2 is 1.82 bits per heavy atom.